The Balaban J connectivity index is 2.21. The molecule has 1 rings (SSSR count). The van der Waals surface area contributed by atoms with Crippen LogP contribution in [0, 0.1) is 0 Å². The zero-order valence-electron chi connectivity index (χ0n) is 8.63. The molecule has 0 spiro atoms. The fourth-order valence-corrected chi connectivity index (χ4v) is 1.28. The SMILES string of the molecule is CN(C)CCNCc1ccc(Br)nc1. The molecule has 4 heteroatoms. The van der Waals surface area contributed by atoms with E-state index in [4.69, 9.17) is 0 Å². The van der Waals surface area contributed by atoms with Crippen molar-refractivity contribution in [1.82, 2.24) is 15.2 Å². The van der Waals surface area contributed by atoms with Gasteiger partial charge >= 0.3 is 0 Å². The maximum absolute atomic E-state index is 4.16. The largest absolute Gasteiger partial charge is 0.311 e. The molecule has 0 aliphatic carbocycles. The van der Waals surface area contributed by atoms with Crippen LogP contribution in [0.1, 0.15) is 5.56 Å². The highest BCUT2D eigenvalue weighted by Crippen LogP contribution is 2.05. The Morgan fingerprint density at radius 3 is 2.79 bits per heavy atom. The zero-order chi connectivity index (χ0) is 10.4. The summed E-state index contributed by atoms with van der Waals surface area (Å²) in [5, 5.41) is 3.36. The second-order valence-corrected chi connectivity index (χ2v) is 4.28. The van der Waals surface area contributed by atoms with Crippen molar-refractivity contribution in [3.63, 3.8) is 0 Å². The number of halogens is 1. The Labute approximate surface area is 93.7 Å². The molecular formula is C10H16BrN3. The lowest BCUT2D eigenvalue weighted by Crippen LogP contribution is -2.26. The summed E-state index contributed by atoms with van der Waals surface area (Å²) in [4.78, 5) is 6.32. The van der Waals surface area contributed by atoms with Gasteiger partial charge in [0.2, 0.25) is 0 Å². The molecule has 0 unspecified atom stereocenters. The number of rotatable bonds is 5. The van der Waals surface area contributed by atoms with E-state index in [9.17, 15) is 0 Å². The first-order valence-corrected chi connectivity index (χ1v) is 5.43. The van der Waals surface area contributed by atoms with E-state index < -0.39 is 0 Å². The molecule has 0 aromatic carbocycles. The second kappa shape index (κ2) is 6.11. The number of aromatic nitrogens is 1. The van der Waals surface area contributed by atoms with E-state index >= 15 is 0 Å². The Kier molecular flexibility index (Phi) is 5.07. The highest BCUT2D eigenvalue weighted by Gasteiger charge is 1.94. The Hall–Kier alpha value is -0.450. The highest BCUT2D eigenvalue weighted by molar-refractivity contribution is 9.10. The molecule has 0 aliphatic rings. The van der Waals surface area contributed by atoms with E-state index in [0.29, 0.717) is 0 Å². The van der Waals surface area contributed by atoms with Crippen molar-refractivity contribution in [2.75, 3.05) is 27.2 Å². The lowest BCUT2D eigenvalue weighted by Gasteiger charge is -2.10. The first-order valence-electron chi connectivity index (χ1n) is 4.64. The average Bonchev–Trinajstić information content (AvgIpc) is 2.15. The van der Waals surface area contributed by atoms with Crippen molar-refractivity contribution in [3.8, 4) is 0 Å². The number of likely N-dealkylation sites (N-methyl/N-ethyl adjacent to an activating group) is 1. The minimum Gasteiger partial charge on any atom is -0.311 e. The average molecular weight is 258 g/mol. The van der Waals surface area contributed by atoms with Gasteiger partial charge in [-0.1, -0.05) is 6.07 Å². The van der Waals surface area contributed by atoms with Crippen LogP contribution in [0.15, 0.2) is 22.9 Å². The molecule has 0 saturated heterocycles. The number of nitrogens with zero attached hydrogens (tertiary/aromatic N) is 2. The van der Waals surface area contributed by atoms with Gasteiger partial charge in [0.25, 0.3) is 0 Å². The molecule has 0 saturated carbocycles. The summed E-state index contributed by atoms with van der Waals surface area (Å²) < 4.78 is 0.884. The van der Waals surface area contributed by atoms with Crippen molar-refractivity contribution in [2.45, 2.75) is 6.54 Å². The van der Waals surface area contributed by atoms with Crippen LogP contribution in [0.2, 0.25) is 0 Å². The summed E-state index contributed by atoms with van der Waals surface area (Å²) in [6, 6.07) is 4.03. The molecule has 0 radical (unpaired) electrons. The summed E-state index contributed by atoms with van der Waals surface area (Å²) in [5.41, 5.74) is 1.21. The fourth-order valence-electron chi connectivity index (χ4n) is 1.05. The molecule has 1 heterocycles. The predicted molar refractivity (Wildman–Crippen MR) is 62.2 cm³/mol. The van der Waals surface area contributed by atoms with Gasteiger partial charge in [0.1, 0.15) is 4.60 Å². The number of hydrogen-bond donors (Lipinski definition) is 1. The van der Waals surface area contributed by atoms with Crippen LogP contribution in [0.4, 0.5) is 0 Å². The smallest absolute Gasteiger partial charge is 0.106 e. The van der Waals surface area contributed by atoms with E-state index in [-0.39, 0.29) is 0 Å². The molecule has 0 amide bonds. The van der Waals surface area contributed by atoms with Gasteiger partial charge in [0.15, 0.2) is 0 Å². The third-order valence-electron chi connectivity index (χ3n) is 1.85. The van der Waals surface area contributed by atoms with Gasteiger partial charge in [-0.05, 0) is 41.7 Å². The van der Waals surface area contributed by atoms with E-state index in [2.05, 4.69) is 51.3 Å². The van der Waals surface area contributed by atoms with Crippen molar-refractivity contribution < 1.29 is 0 Å². The van der Waals surface area contributed by atoms with Gasteiger partial charge in [-0.25, -0.2) is 4.98 Å². The lowest BCUT2D eigenvalue weighted by molar-refractivity contribution is 0.400. The summed E-state index contributed by atoms with van der Waals surface area (Å²) in [5.74, 6) is 0. The van der Waals surface area contributed by atoms with Gasteiger partial charge in [-0.15, -0.1) is 0 Å². The molecule has 0 bridgehead atoms. The maximum Gasteiger partial charge on any atom is 0.106 e. The van der Waals surface area contributed by atoms with Gasteiger partial charge in [-0.2, -0.15) is 0 Å². The van der Waals surface area contributed by atoms with Crippen LogP contribution in [-0.4, -0.2) is 37.1 Å². The van der Waals surface area contributed by atoms with Crippen LogP contribution in [0.3, 0.4) is 0 Å². The molecular weight excluding hydrogens is 242 g/mol. The van der Waals surface area contributed by atoms with E-state index in [1.807, 2.05) is 12.3 Å². The fraction of sp³-hybridized carbons (Fsp3) is 0.500. The van der Waals surface area contributed by atoms with E-state index in [1.165, 1.54) is 5.56 Å². The lowest BCUT2D eigenvalue weighted by atomic mass is 10.3. The molecule has 0 atom stereocenters. The molecule has 0 aliphatic heterocycles. The molecule has 3 nitrogen and oxygen atoms in total. The zero-order valence-corrected chi connectivity index (χ0v) is 10.2. The summed E-state index contributed by atoms with van der Waals surface area (Å²) in [7, 11) is 4.14. The first kappa shape index (κ1) is 11.6. The topological polar surface area (TPSA) is 28.2 Å². The summed E-state index contributed by atoms with van der Waals surface area (Å²) in [6.07, 6.45) is 1.88. The Morgan fingerprint density at radius 2 is 2.21 bits per heavy atom. The van der Waals surface area contributed by atoms with Crippen molar-refractivity contribution >= 4 is 15.9 Å². The monoisotopic (exact) mass is 257 g/mol. The minimum absolute atomic E-state index is 0.883. The first-order chi connectivity index (χ1) is 6.68. The molecule has 1 N–H and O–H groups in total. The Bertz CT molecular complexity index is 259. The van der Waals surface area contributed by atoms with Crippen LogP contribution in [0.5, 0.6) is 0 Å². The van der Waals surface area contributed by atoms with Gasteiger partial charge in [0.05, 0.1) is 0 Å². The standard InChI is InChI=1S/C10H16BrN3/c1-14(2)6-5-12-7-9-3-4-10(11)13-8-9/h3-4,8,12H,5-7H2,1-2H3. The van der Waals surface area contributed by atoms with Crippen molar-refractivity contribution in [1.29, 1.82) is 0 Å². The maximum atomic E-state index is 4.16. The summed E-state index contributed by atoms with van der Waals surface area (Å²) in [6.45, 7) is 2.95. The predicted octanol–water partition coefficient (Wildman–Crippen LogP) is 1.50. The van der Waals surface area contributed by atoms with E-state index in [0.717, 1.165) is 24.2 Å². The van der Waals surface area contributed by atoms with Crippen LogP contribution in [-0.2, 0) is 6.54 Å². The molecule has 14 heavy (non-hydrogen) atoms. The molecule has 1 aromatic heterocycles. The quantitative estimate of drug-likeness (QED) is 0.640. The van der Waals surface area contributed by atoms with Crippen LogP contribution >= 0.6 is 15.9 Å². The third kappa shape index (κ3) is 4.69. The number of hydrogen-bond acceptors (Lipinski definition) is 3. The number of pyridine rings is 1. The third-order valence-corrected chi connectivity index (χ3v) is 2.32. The molecule has 1 aromatic rings. The van der Waals surface area contributed by atoms with Crippen LogP contribution < -0.4 is 5.32 Å². The summed E-state index contributed by atoms with van der Waals surface area (Å²) >= 11 is 3.31. The second-order valence-electron chi connectivity index (χ2n) is 3.47. The van der Waals surface area contributed by atoms with Crippen LogP contribution in [0.25, 0.3) is 0 Å². The van der Waals surface area contributed by atoms with Crippen molar-refractivity contribution in [3.05, 3.63) is 28.5 Å². The molecule has 0 fully saturated rings. The van der Waals surface area contributed by atoms with Gasteiger partial charge in [0, 0.05) is 25.8 Å². The van der Waals surface area contributed by atoms with E-state index in [1.54, 1.807) is 0 Å². The number of nitrogens with one attached hydrogen (secondary N) is 1. The molecule has 78 valence electrons. The minimum atomic E-state index is 0.883. The normalized spacial score (nSPS) is 10.9. The Morgan fingerprint density at radius 1 is 1.43 bits per heavy atom. The van der Waals surface area contributed by atoms with Crippen molar-refractivity contribution in [2.24, 2.45) is 0 Å². The van der Waals surface area contributed by atoms with Gasteiger partial charge in [-0.3, -0.25) is 0 Å². The van der Waals surface area contributed by atoms with Gasteiger partial charge < -0.3 is 10.2 Å². The highest BCUT2D eigenvalue weighted by atomic mass is 79.9.